The maximum Gasteiger partial charge on any atom is 0.239 e. The number of para-hydroxylation sites is 1. The molecule has 148 valence electrons. The summed E-state index contributed by atoms with van der Waals surface area (Å²) >= 11 is 7.91. The molecule has 0 amide bonds. The highest BCUT2D eigenvalue weighted by Crippen LogP contribution is 2.45. The van der Waals surface area contributed by atoms with Crippen LogP contribution in [-0.2, 0) is 0 Å². The molecule has 0 fully saturated rings. The predicted molar refractivity (Wildman–Crippen MR) is 115 cm³/mol. The molecule has 1 aliphatic heterocycles. The van der Waals surface area contributed by atoms with Crippen LogP contribution in [0.3, 0.4) is 0 Å². The van der Waals surface area contributed by atoms with E-state index in [2.05, 4.69) is 28.0 Å². The zero-order valence-corrected chi connectivity index (χ0v) is 17.3. The number of nitrogens with zero attached hydrogens (tertiary/aromatic N) is 3. The summed E-state index contributed by atoms with van der Waals surface area (Å²) in [4.78, 5) is 6.15. The fraction of sp³-hybridized carbons (Fsp3) is 0.0870. The van der Waals surface area contributed by atoms with Gasteiger partial charge in [-0.05, 0) is 52.2 Å². The Balaban J connectivity index is 1.52. The van der Waals surface area contributed by atoms with Crippen LogP contribution in [0.2, 0.25) is 5.02 Å². The molecule has 3 aromatic carbocycles. The Morgan fingerprint density at radius 1 is 1.00 bits per heavy atom. The minimum Gasteiger partial charge on any atom is -0.539 e. The van der Waals surface area contributed by atoms with Gasteiger partial charge in [0.25, 0.3) is 0 Å². The van der Waals surface area contributed by atoms with Crippen LogP contribution in [-0.4, -0.2) is 11.0 Å². The second-order valence-corrected chi connectivity index (χ2v) is 8.58. The number of aliphatic imine (C=N–C) groups is 1. The van der Waals surface area contributed by atoms with Crippen molar-refractivity contribution in [1.82, 2.24) is 5.27 Å². The molecule has 1 atom stereocenters. The number of hydrogen-bond acceptors (Lipinski definition) is 5. The average Bonchev–Trinajstić information content (AvgIpc) is 3.11. The molecular formula is C23H16ClN3O2S. The molecule has 30 heavy (non-hydrogen) atoms. The van der Waals surface area contributed by atoms with E-state index in [1.807, 2.05) is 66.4 Å². The van der Waals surface area contributed by atoms with Gasteiger partial charge >= 0.3 is 0 Å². The van der Waals surface area contributed by atoms with E-state index in [1.165, 1.54) is 16.4 Å². The topological polar surface area (TPSA) is 65.3 Å². The molecule has 1 aromatic heterocycles. The molecule has 4 aromatic rings. The quantitative estimate of drug-likeness (QED) is 0.425. The van der Waals surface area contributed by atoms with Crippen molar-refractivity contribution in [2.75, 3.05) is 0 Å². The van der Waals surface area contributed by atoms with Crippen molar-refractivity contribution in [2.24, 2.45) is 4.99 Å². The Labute approximate surface area is 182 Å². The molecule has 7 heteroatoms. The first-order valence-corrected chi connectivity index (χ1v) is 10.7. The van der Waals surface area contributed by atoms with E-state index in [0.717, 1.165) is 39.0 Å². The molecule has 0 saturated carbocycles. The summed E-state index contributed by atoms with van der Waals surface area (Å²) in [5.41, 5.74) is 4.98. The van der Waals surface area contributed by atoms with Gasteiger partial charge in [-0.3, -0.25) is 4.99 Å². The Bertz CT molecular complexity index is 1220. The van der Waals surface area contributed by atoms with Gasteiger partial charge < -0.3 is 9.63 Å². The van der Waals surface area contributed by atoms with Gasteiger partial charge in [0.05, 0.1) is 11.0 Å². The zero-order valence-electron chi connectivity index (χ0n) is 15.7. The first-order chi connectivity index (χ1) is 14.7. The lowest BCUT2D eigenvalue weighted by molar-refractivity contribution is -0.670. The third kappa shape index (κ3) is 3.84. The van der Waals surface area contributed by atoms with Crippen molar-refractivity contribution in [2.45, 2.75) is 16.6 Å². The van der Waals surface area contributed by atoms with Crippen molar-refractivity contribution in [1.29, 1.82) is 0 Å². The number of benzene rings is 3. The number of fused-ring (bicyclic) bond motifs is 1. The van der Waals surface area contributed by atoms with Crippen molar-refractivity contribution in [3.05, 3.63) is 95.1 Å². The number of thioether (sulfide) groups is 1. The Morgan fingerprint density at radius 2 is 1.77 bits per heavy atom. The van der Waals surface area contributed by atoms with Gasteiger partial charge in [0.2, 0.25) is 11.9 Å². The zero-order chi connectivity index (χ0) is 20.5. The van der Waals surface area contributed by atoms with Crippen LogP contribution in [0.1, 0.15) is 22.8 Å². The maximum atomic E-state index is 11.2. The average molecular weight is 434 g/mol. The number of aromatic nitrogens is 2. The fourth-order valence-electron chi connectivity index (χ4n) is 3.42. The first-order valence-electron chi connectivity index (χ1n) is 9.41. The summed E-state index contributed by atoms with van der Waals surface area (Å²) in [6, 6.07) is 24.0. The minimum absolute atomic E-state index is 0.220. The van der Waals surface area contributed by atoms with Gasteiger partial charge in [-0.25, -0.2) is 0 Å². The van der Waals surface area contributed by atoms with Gasteiger partial charge in [-0.2, -0.15) is 0 Å². The molecule has 0 radical (unpaired) electrons. The monoisotopic (exact) mass is 433 g/mol. The van der Waals surface area contributed by atoms with Gasteiger partial charge in [0, 0.05) is 39.4 Å². The summed E-state index contributed by atoms with van der Waals surface area (Å²) in [7, 11) is 0. The smallest absolute Gasteiger partial charge is 0.239 e. The number of rotatable bonds is 3. The van der Waals surface area contributed by atoms with Crippen LogP contribution in [0.5, 0.6) is 5.95 Å². The van der Waals surface area contributed by atoms with Crippen LogP contribution >= 0.6 is 23.4 Å². The SMILES string of the molecule is [O-]c1c[n+](-c2ccc(C3=Nc4ccccc4SC(c4ccc(Cl)cc4)C3)cc2)no1. The van der Waals surface area contributed by atoms with E-state index in [-0.39, 0.29) is 5.25 Å². The number of hydrogen-bond donors (Lipinski definition) is 0. The highest BCUT2D eigenvalue weighted by atomic mass is 35.5. The molecule has 1 aliphatic rings. The third-order valence-corrected chi connectivity index (χ3v) is 6.50. The molecule has 0 spiro atoms. The van der Waals surface area contributed by atoms with E-state index < -0.39 is 5.95 Å². The van der Waals surface area contributed by atoms with Gasteiger partial charge in [0.1, 0.15) is 5.95 Å². The van der Waals surface area contributed by atoms with Crippen molar-refractivity contribution in [3.8, 4) is 11.6 Å². The molecule has 0 bridgehead atoms. The van der Waals surface area contributed by atoms with Gasteiger partial charge in [-0.15, -0.1) is 11.8 Å². The first kappa shape index (κ1) is 18.9. The molecule has 1 unspecified atom stereocenters. The summed E-state index contributed by atoms with van der Waals surface area (Å²) in [5.74, 6) is -0.480. The largest absolute Gasteiger partial charge is 0.539 e. The lowest BCUT2D eigenvalue weighted by atomic mass is 10.0. The second-order valence-electron chi connectivity index (χ2n) is 6.90. The molecule has 5 rings (SSSR count). The van der Waals surface area contributed by atoms with Crippen LogP contribution in [0, 0.1) is 0 Å². The Morgan fingerprint density at radius 3 is 2.50 bits per heavy atom. The van der Waals surface area contributed by atoms with E-state index in [4.69, 9.17) is 16.6 Å². The maximum absolute atomic E-state index is 11.2. The van der Waals surface area contributed by atoms with Crippen LogP contribution in [0.25, 0.3) is 5.69 Å². The minimum atomic E-state index is -0.480. The summed E-state index contributed by atoms with van der Waals surface area (Å²) in [5, 5.41) is 15.9. The summed E-state index contributed by atoms with van der Waals surface area (Å²) in [6.07, 6.45) is 2.09. The second kappa shape index (κ2) is 7.97. The fourth-order valence-corrected chi connectivity index (χ4v) is 4.77. The van der Waals surface area contributed by atoms with Crippen molar-refractivity contribution >= 4 is 34.8 Å². The normalized spacial score (nSPS) is 15.9. The van der Waals surface area contributed by atoms with Crippen LogP contribution in [0.4, 0.5) is 5.69 Å². The van der Waals surface area contributed by atoms with Crippen molar-refractivity contribution in [3.63, 3.8) is 0 Å². The van der Waals surface area contributed by atoms with Gasteiger partial charge in [0.15, 0.2) is 0 Å². The van der Waals surface area contributed by atoms with E-state index in [0.29, 0.717) is 0 Å². The standard InChI is InChI=1S/C23H16ClN3O2S/c24-17-9-5-16(6-10-17)22-13-20(25-19-3-1-2-4-21(19)30-22)15-7-11-18(12-8-15)27-14-23(28)29-26-27/h1-12,14,22H,13H2. The molecule has 0 N–H and O–H groups in total. The molecule has 5 nitrogen and oxygen atoms in total. The van der Waals surface area contributed by atoms with Crippen LogP contribution in [0.15, 0.2) is 93.4 Å². The highest BCUT2D eigenvalue weighted by Gasteiger charge is 2.23. The van der Waals surface area contributed by atoms with Gasteiger partial charge in [-0.1, -0.05) is 35.9 Å². The van der Waals surface area contributed by atoms with E-state index >= 15 is 0 Å². The van der Waals surface area contributed by atoms with Crippen molar-refractivity contribution < 1.29 is 14.3 Å². The van der Waals surface area contributed by atoms with E-state index in [9.17, 15) is 5.11 Å². The molecule has 0 aliphatic carbocycles. The predicted octanol–water partition coefficient (Wildman–Crippen LogP) is 5.04. The third-order valence-electron chi connectivity index (χ3n) is 4.92. The Hall–Kier alpha value is -3.09. The number of halogens is 1. The Kier molecular flexibility index (Phi) is 5.02. The lowest BCUT2D eigenvalue weighted by Gasteiger charge is -2.16. The van der Waals surface area contributed by atoms with E-state index in [1.54, 1.807) is 0 Å². The molecular weight excluding hydrogens is 418 g/mol. The van der Waals surface area contributed by atoms with Crippen LogP contribution < -0.4 is 9.79 Å². The molecule has 2 heterocycles. The highest BCUT2D eigenvalue weighted by molar-refractivity contribution is 7.99. The molecule has 0 saturated heterocycles. The summed E-state index contributed by atoms with van der Waals surface area (Å²) in [6.45, 7) is 0. The lowest BCUT2D eigenvalue weighted by Crippen LogP contribution is -2.31. The summed E-state index contributed by atoms with van der Waals surface area (Å²) < 4.78 is 6.03.